The van der Waals surface area contributed by atoms with Gasteiger partial charge in [-0.2, -0.15) is 0 Å². The van der Waals surface area contributed by atoms with Crippen LogP contribution in [0.25, 0.3) is 0 Å². The van der Waals surface area contributed by atoms with Crippen LogP contribution < -0.4 is 5.73 Å². The Hall–Kier alpha value is -1.47. The molecule has 7 heteroatoms. The van der Waals surface area contributed by atoms with Crippen molar-refractivity contribution in [3.63, 3.8) is 0 Å². The summed E-state index contributed by atoms with van der Waals surface area (Å²) in [6.45, 7) is 1.71. The van der Waals surface area contributed by atoms with Crippen molar-refractivity contribution >= 4 is 23.2 Å². The first kappa shape index (κ1) is 14.9. The van der Waals surface area contributed by atoms with Gasteiger partial charge in [0, 0.05) is 31.3 Å². The van der Waals surface area contributed by atoms with E-state index >= 15 is 0 Å². The summed E-state index contributed by atoms with van der Waals surface area (Å²) in [6.07, 6.45) is 2.52. The number of nitrogens with two attached hydrogens (primary N) is 1. The van der Waals surface area contributed by atoms with Crippen LogP contribution in [0.4, 0.5) is 0 Å². The molecule has 1 fully saturated rings. The van der Waals surface area contributed by atoms with Crippen molar-refractivity contribution in [2.45, 2.75) is 25.7 Å². The highest BCUT2D eigenvalue weighted by atomic mass is 32.1. The van der Waals surface area contributed by atoms with E-state index in [0.717, 1.165) is 17.8 Å². The minimum Gasteiger partial charge on any atom is -0.481 e. The van der Waals surface area contributed by atoms with Gasteiger partial charge in [0.15, 0.2) is 0 Å². The van der Waals surface area contributed by atoms with Crippen LogP contribution in [0.1, 0.15) is 34.8 Å². The lowest BCUT2D eigenvalue weighted by molar-refractivity contribution is -0.138. The molecule has 0 saturated carbocycles. The van der Waals surface area contributed by atoms with Crippen molar-refractivity contribution < 1.29 is 14.7 Å². The number of aliphatic carboxylic acids is 1. The highest BCUT2D eigenvalue weighted by Gasteiger charge is 2.27. The molecular formula is C13H19N3O3S. The fourth-order valence-corrected chi connectivity index (χ4v) is 3.26. The highest BCUT2D eigenvalue weighted by molar-refractivity contribution is 7.09. The third kappa shape index (κ3) is 3.77. The van der Waals surface area contributed by atoms with E-state index in [-0.39, 0.29) is 18.2 Å². The number of carboxylic acids is 1. The first-order chi connectivity index (χ1) is 9.60. The van der Waals surface area contributed by atoms with Crippen LogP contribution in [0.5, 0.6) is 0 Å². The second-order valence-corrected chi connectivity index (χ2v) is 5.97. The fourth-order valence-electron chi connectivity index (χ4n) is 2.47. The monoisotopic (exact) mass is 297 g/mol. The third-order valence-electron chi connectivity index (χ3n) is 3.40. The second-order valence-electron chi connectivity index (χ2n) is 5.02. The van der Waals surface area contributed by atoms with Crippen molar-refractivity contribution in [2.75, 3.05) is 19.6 Å². The third-order valence-corrected chi connectivity index (χ3v) is 4.31. The predicted molar refractivity (Wildman–Crippen MR) is 75.8 cm³/mol. The van der Waals surface area contributed by atoms with Crippen LogP contribution in [0.15, 0.2) is 5.38 Å². The van der Waals surface area contributed by atoms with E-state index < -0.39 is 5.97 Å². The summed E-state index contributed by atoms with van der Waals surface area (Å²) >= 11 is 1.45. The van der Waals surface area contributed by atoms with Crippen molar-refractivity contribution in [2.24, 2.45) is 11.7 Å². The molecule has 1 aromatic rings. The van der Waals surface area contributed by atoms with Crippen molar-refractivity contribution in [3.8, 4) is 0 Å². The van der Waals surface area contributed by atoms with Crippen LogP contribution in [0.3, 0.4) is 0 Å². The van der Waals surface area contributed by atoms with Gasteiger partial charge in [0.2, 0.25) is 0 Å². The number of carbonyl (C=O) groups is 2. The molecule has 1 aliphatic heterocycles. The van der Waals surface area contributed by atoms with E-state index in [9.17, 15) is 9.59 Å². The van der Waals surface area contributed by atoms with Gasteiger partial charge < -0.3 is 15.7 Å². The van der Waals surface area contributed by atoms with Crippen LogP contribution in [0.2, 0.25) is 0 Å². The number of rotatable bonds is 5. The van der Waals surface area contributed by atoms with Gasteiger partial charge in [-0.1, -0.05) is 0 Å². The molecule has 1 aliphatic rings. The zero-order valence-corrected chi connectivity index (χ0v) is 12.1. The van der Waals surface area contributed by atoms with Crippen molar-refractivity contribution in [1.29, 1.82) is 0 Å². The first-order valence-electron chi connectivity index (χ1n) is 6.75. The fraction of sp³-hybridized carbons (Fsp3) is 0.615. The molecule has 2 rings (SSSR count). The van der Waals surface area contributed by atoms with Gasteiger partial charge in [-0.3, -0.25) is 9.59 Å². The van der Waals surface area contributed by atoms with Gasteiger partial charge in [0.1, 0.15) is 5.69 Å². The molecule has 20 heavy (non-hydrogen) atoms. The highest BCUT2D eigenvalue weighted by Crippen LogP contribution is 2.22. The number of hydrogen-bond donors (Lipinski definition) is 2. The lowest BCUT2D eigenvalue weighted by atomic mass is 9.95. The van der Waals surface area contributed by atoms with E-state index in [1.165, 1.54) is 11.3 Å². The van der Waals surface area contributed by atoms with Crippen LogP contribution in [-0.2, 0) is 11.2 Å². The maximum atomic E-state index is 12.3. The zero-order chi connectivity index (χ0) is 14.5. The summed E-state index contributed by atoms with van der Waals surface area (Å²) < 4.78 is 0. The standard InChI is InChI=1S/C13H19N3O3S/c14-4-3-11-15-10(8-20-11)13(19)16-5-1-2-9(7-16)6-12(17)18/h8-9H,1-7,14H2,(H,17,18). The number of likely N-dealkylation sites (tertiary alicyclic amines) is 1. The molecule has 0 radical (unpaired) electrons. The molecule has 0 aromatic carbocycles. The molecule has 3 N–H and O–H groups in total. The molecule has 1 saturated heterocycles. The predicted octanol–water partition coefficient (Wildman–Crippen LogP) is 0.971. The SMILES string of the molecule is NCCc1nc(C(=O)N2CCCC(CC(=O)O)C2)cs1. The summed E-state index contributed by atoms with van der Waals surface area (Å²) in [7, 11) is 0. The normalized spacial score (nSPS) is 19.1. The molecule has 1 aromatic heterocycles. The lowest BCUT2D eigenvalue weighted by Crippen LogP contribution is -2.40. The molecule has 1 atom stereocenters. The number of piperidine rings is 1. The molecule has 0 spiro atoms. The average molecular weight is 297 g/mol. The number of amides is 1. The quantitative estimate of drug-likeness (QED) is 0.844. The minimum absolute atomic E-state index is 0.0485. The number of nitrogens with zero attached hydrogens (tertiary/aromatic N) is 2. The summed E-state index contributed by atoms with van der Waals surface area (Å²) in [4.78, 5) is 29.1. The number of thiazole rings is 1. The maximum Gasteiger partial charge on any atom is 0.303 e. The van der Waals surface area contributed by atoms with E-state index in [1.54, 1.807) is 10.3 Å². The molecule has 1 amide bonds. The maximum absolute atomic E-state index is 12.3. The Morgan fingerprint density at radius 2 is 2.35 bits per heavy atom. The van der Waals surface area contributed by atoms with Gasteiger partial charge in [-0.05, 0) is 25.3 Å². The molecule has 6 nitrogen and oxygen atoms in total. The Bertz CT molecular complexity index is 489. The molecule has 1 unspecified atom stereocenters. The van der Waals surface area contributed by atoms with Crippen LogP contribution in [0, 0.1) is 5.92 Å². The summed E-state index contributed by atoms with van der Waals surface area (Å²) in [6, 6.07) is 0. The van der Waals surface area contributed by atoms with Crippen LogP contribution >= 0.6 is 11.3 Å². The summed E-state index contributed by atoms with van der Waals surface area (Å²) in [5.41, 5.74) is 5.92. The average Bonchev–Trinajstić information content (AvgIpc) is 2.86. The first-order valence-corrected chi connectivity index (χ1v) is 7.63. The Balaban J connectivity index is 1.98. The van der Waals surface area contributed by atoms with Crippen molar-refractivity contribution in [3.05, 3.63) is 16.1 Å². The van der Waals surface area contributed by atoms with Gasteiger partial charge in [-0.15, -0.1) is 11.3 Å². The number of carboxylic acid groups (broad SMARTS) is 1. The molecule has 110 valence electrons. The number of aromatic nitrogens is 1. The number of hydrogen-bond acceptors (Lipinski definition) is 5. The minimum atomic E-state index is -0.803. The van der Waals surface area contributed by atoms with Gasteiger partial charge in [-0.25, -0.2) is 4.98 Å². The van der Waals surface area contributed by atoms with E-state index in [4.69, 9.17) is 10.8 Å². The van der Waals surface area contributed by atoms with Crippen molar-refractivity contribution in [1.82, 2.24) is 9.88 Å². The number of carbonyl (C=O) groups excluding carboxylic acids is 1. The van der Waals surface area contributed by atoms with E-state index in [1.807, 2.05) is 0 Å². The summed E-state index contributed by atoms with van der Waals surface area (Å²) in [5, 5.41) is 11.5. The van der Waals surface area contributed by atoms with Gasteiger partial charge >= 0.3 is 5.97 Å². The Morgan fingerprint density at radius 3 is 3.05 bits per heavy atom. The topological polar surface area (TPSA) is 96.5 Å². The van der Waals surface area contributed by atoms with Crippen LogP contribution in [-0.4, -0.2) is 46.5 Å². The van der Waals surface area contributed by atoms with Gasteiger partial charge in [0.25, 0.3) is 5.91 Å². The smallest absolute Gasteiger partial charge is 0.303 e. The summed E-state index contributed by atoms with van der Waals surface area (Å²) in [5.74, 6) is -0.852. The Labute approximate surface area is 121 Å². The van der Waals surface area contributed by atoms with Gasteiger partial charge in [0.05, 0.1) is 5.01 Å². The molecular weight excluding hydrogens is 278 g/mol. The van der Waals surface area contributed by atoms with E-state index in [0.29, 0.717) is 31.7 Å². The molecule has 0 bridgehead atoms. The lowest BCUT2D eigenvalue weighted by Gasteiger charge is -2.31. The second kappa shape index (κ2) is 6.81. The Morgan fingerprint density at radius 1 is 1.55 bits per heavy atom. The largest absolute Gasteiger partial charge is 0.481 e. The molecule has 2 heterocycles. The van der Waals surface area contributed by atoms with E-state index in [2.05, 4.69) is 4.98 Å². The Kier molecular flexibility index (Phi) is 5.08. The molecule has 0 aliphatic carbocycles. The zero-order valence-electron chi connectivity index (χ0n) is 11.2.